The van der Waals surface area contributed by atoms with Crippen molar-refractivity contribution < 1.29 is 23.4 Å². The van der Waals surface area contributed by atoms with Crippen molar-refractivity contribution in [2.24, 2.45) is 17.8 Å². The Morgan fingerprint density at radius 2 is 1.97 bits per heavy atom. The van der Waals surface area contributed by atoms with Crippen molar-refractivity contribution in [3.8, 4) is 23.1 Å². The minimum atomic E-state index is -0.685. The predicted molar refractivity (Wildman–Crippen MR) is 137 cm³/mol. The molecule has 3 atom stereocenters. The number of phenolic OH excluding ortho intramolecular Hbond substituents is 1. The van der Waals surface area contributed by atoms with Gasteiger partial charge in [0.15, 0.2) is 5.82 Å². The highest BCUT2D eigenvalue weighted by atomic mass is 19.1. The molecule has 0 radical (unpaired) electrons. The molecule has 9 heteroatoms. The van der Waals surface area contributed by atoms with Crippen molar-refractivity contribution in [1.29, 1.82) is 0 Å². The van der Waals surface area contributed by atoms with E-state index in [1.54, 1.807) is 19.1 Å². The smallest absolute Gasteiger partial charge is 0.349 e. The zero-order valence-electron chi connectivity index (χ0n) is 20.7. The zero-order chi connectivity index (χ0) is 26.0. The van der Waals surface area contributed by atoms with Gasteiger partial charge in [0.25, 0.3) is 0 Å². The average molecular weight is 504 g/mol. The van der Waals surface area contributed by atoms with E-state index >= 15 is 0 Å². The predicted octanol–water partition coefficient (Wildman–Crippen LogP) is 4.62. The van der Waals surface area contributed by atoms with Crippen LogP contribution in [-0.2, 0) is 4.79 Å². The summed E-state index contributed by atoms with van der Waals surface area (Å²) in [6.07, 6.45) is 1.43. The van der Waals surface area contributed by atoms with Crippen LogP contribution in [0.3, 0.4) is 0 Å². The number of methoxy groups -OCH3 is 1. The largest absolute Gasteiger partial charge is 0.508 e. The van der Waals surface area contributed by atoms with Crippen LogP contribution in [0.1, 0.15) is 25.3 Å². The van der Waals surface area contributed by atoms with E-state index < -0.39 is 11.4 Å². The summed E-state index contributed by atoms with van der Waals surface area (Å²) in [5.74, 6) is 0.602. The number of aromatic nitrogens is 2. The molecule has 190 valence electrons. The number of carbonyl (C=O) groups excluding carboxylic acids is 1. The van der Waals surface area contributed by atoms with Crippen LogP contribution < -0.4 is 15.3 Å². The molecule has 2 fully saturated rings. The number of phenols is 1. The first-order chi connectivity index (χ1) is 17.8. The first kappa shape index (κ1) is 23.4. The lowest BCUT2D eigenvalue weighted by Gasteiger charge is -2.28. The van der Waals surface area contributed by atoms with Crippen molar-refractivity contribution in [1.82, 2.24) is 9.97 Å². The van der Waals surface area contributed by atoms with Crippen LogP contribution in [-0.4, -0.2) is 41.1 Å². The van der Waals surface area contributed by atoms with Gasteiger partial charge in [-0.15, -0.1) is 0 Å². The Morgan fingerprint density at radius 1 is 1.16 bits per heavy atom. The lowest BCUT2D eigenvalue weighted by Crippen LogP contribution is -2.32. The summed E-state index contributed by atoms with van der Waals surface area (Å²) < 4.78 is 26.1. The third kappa shape index (κ3) is 3.63. The minimum absolute atomic E-state index is 0.0725. The Labute approximate surface area is 211 Å². The maximum absolute atomic E-state index is 14.9. The summed E-state index contributed by atoms with van der Waals surface area (Å²) in [6, 6.07) is 7.44. The summed E-state index contributed by atoms with van der Waals surface area (Å²) in [6.45, 7) is 4.94. The molecule has 4 aromatic rings. The molecule has 0 amide bonds. The van der Waals surface area contributed by atoms with Crippen LogP contribution >= 0.6 is 0 Å². The fourth-order valence-electron chi connectivity index (χ4n) is 6.03. The second-order valence-corrected chi connectivity index (χ2v) is 10.1. The molecular formula is C28H26FN3O5. The number of ether oxygens (including phenoxy) is 1. The van der Waals surface area contributed by atoms with Gasteiger partial charge >= 0.3 is 11.6 Å². The molecule has 2 aromatic heterocycles. The molecule has 2 aliphatic rings. The molecule has 0 bridgehead atoms. The van der Waals surface area contributed by atoms with Crippen LogP contribution in [0, 0.1) is 30.5 Å². The number of ketones is 1. The van der Waals surface area contributed by atoms with Crippen LogP contribution in [0.4, 0.5) is 10.2 Å². The van der Waals surface area contributed by atoms with E-state index in [0.29, 0.717) is 47.7 Å². The molecule has 1 N–H and O–H groups in total. The van der Waals surface area contributed by atoms with E-state index in [1.165, 1.54) is 25.3 Å². The van der Waals surface area contributed by atoms with Crippen molar-refractivity contribution in [3.63, 3.8) is 0 Å². The maximum Gasteiger partial charge on any atom is 0.349 e. The molecule has 37 heavy (non-hydrogen) atoms. The number of aryl methyl sites for hydroxylation is 1. The molecule has 2 aromatic carbocycles. The van der Waals surface area contributed by atoms with E-state index in [4.69, 9.17) is 9.15 Å². The van der Waals surface area contributed by atoms with Gasteiger partial charge in [0.1, 0.15) is 28.5 Å². The number of Topliss-reactive ketones (excluding diaryl/α,β-unsaturated/α-hetero) is 1. The molecule has 1 saturated carbocycles. The fourth-order valence-corrected chi connectivity index (χ4v) is 6.03. The molecular weight excluding hydrogens is 477 g/mol. The molecule has 8 nitrogen and oxygen atoms in total. The zero-order valence-corrected chi connectivity index (χ0v) is 20.7. The van der Waals surface area contributed by atoms with Gasteiger partial charge in [-0.25, -0.2) is 9.18 Å². The van der Waals surface area contributed by atoms with E-state index in [9.17, 15) is 19.1 Å². The normalized spacial score (nSPS) is 21.6. The Kier molecular flexibility index (Phi) is 5.40. The van der Waals surface area contributed by atoms with Crippen molar-refractivity contribution in [2.45, 2.75) is 26.7 Å². The van der Waals surface area contributed by atoms with Gasteiger partial charge in [-0.2, -0.15) is 9.97 Å². The van der Waals surface area contributed by atoms with E-state index in [1.807, 2.05) is 4.90 Å². The summed E-state index contributed by atoms with van der Waals surface area (Å²) in [5.41, 5.74) is 0.355. The minimum Gasteiger partial charge on any atom is -0.508 e. The van der Waals surface area contributed by atoms with E-state index in [0.717, 1.165) is 6.42 Å². The summed E-state index contributed by atoms with van der Waals surface area (Å²) >= 11 is 0. The molecule has 6 rings (SSSR count). The van der Waals surface area contributed by atoms with Gasteiger partial charge in [0.05, 0.1) is 12.6 Å². The number of benzene rings is 2. The lowest BCUT2D eigenvalue weighted by atomic mass is 9.74. The highest BCUT2D eigenvalue weighted by Crippen LogP contribution is 2.42. The number of rotatable bonds is 3. The monoisotopic (exact) mass is 503 g/mol. The second-order valence-electron chi connectivity index (χ2n) is 10.1. The van der Waals surface area contributed by atoms with Crippen molar-refractivity contribution >= 4 is 33.3 Å². The summed E-state index contributed by atoms with van der Waals surface area (Å²) in [7, 11) is 1.44. The number of anilines is 1. The number of aromatic hydroxyl groups is 1. The summed E-state index contributed by atoms with van der Waals surface area (Å²) in [5, 5.41) is 11.2. The van der Waals surface area contributed by atoms with Crippen molar-refractivity contribution in [3.05, 3.63) is 52.1 Å². The van der Waals surface area contributed by atoms with E-state index in [2.05, 4.69) is 16.9 Å². The number of halogens is 1. The number of hydrogen-bond donors (Lipinski definition) is 1. The maximum atomic E-state index is 14.9. The third-order valence-corrected chi connectivity index (χ3v) is 7.96. The highest BCUT2D eigenvalue weighted by Gasteiger charge is 2.44. The van der Waals surface area contributed by atoms with Gasteiger partial charge in [-0.1, -0.05) is 19.1 Å². The Bertz CT molecular complexity index is 1650. The Balaban J connectivity index is 1.58. The first-order valence-corrected chi connectivity index (χ1v) is 12.4. The quantitative estimate of drug-likeness (QED) is 0.432. The fraction of sp³-hybridized carbons (Fsp3) is 0.357. The highest BCUT2D eigenvalue weighted by molar-refractivity contribution is 6.01. The average Bonchev–Trinajstić information content (AvgIpc) is 3.34. The number of nitrogens with zero attached hydrogens (tertiary/aromatic N) is 3. The second kappa shape index (κ2) is 8.54. The van der Waals surface area contributed by atoms with Gasteiger partial charge in [0, 0.05) is 41.9 Å². The van der Waals surface area contributed by atoms with Crippen LogP contribution in [0.2, 0.25) is 0 Å². The molecule has 3 unspecified atom stereocenters. The molecule has 3 heterocycles. The Morgan fingerprint density at radius 3 is 2.73 bits per heavy atom. The van der Waals surface area contributed by atoms with Crippen LogP contribution in [0.5, 0.6) is 11.8 Å². The first-order valence-electron chi connectivity index (χ1n) is 12.4. The van der Waals surface area contributed by atoms with Crippen molar-refractivity contribution in [2.75, 3.05) is 25.1 Å². The van der Waals surface area contributed by atoms with Gasteiger partial charge in [0.2, 0.25) is 0 Å². The van der Waals surface area contributed by atoms with Gasteiger partial charge < -0.3 is 19.2 Å². The van der Waals surface area contributed by atoms with Gasteiger partial charge in [-0.3, -0.25) is 4.79 Å². The van der Waals surface area contributed by atoms with Crippen LogP contribution in [0.25, 0.3) is 33.0 Å². The van der Waals surface area contributed by atoms with E-state index in [-0.39, 0.29) is 51.5 Å². The van der Waals surface area contributed by atoms with Gasteiger partial charge in [-0.05, 0) is 48.8 Å². The topological polar surface area (TPSA) is 106 Å². The molecule has 1 aliphatic carbocycles. The number of hydrogen-bond acceptors (Lipinski definition) is 8. The lowest BCUT2D eigenvalue weighted by molar-refractivity contribution is -0.126. The van der Waals surface area contributed by atoms with Crippen LogP contribution in [0.15, 0.2) is 39.5 Å². The third-order valence-electron chi connectivity index (χ3n) is 7.96. The SMILES string of the molecule is COc1nc(N2CC3C(=O)CCC(C)C3C2)c2c(=O)oc(-c3cc(O)cc4cccc(F)c34)c(C)c2n1. The standard InChI is InChI=1S/C28H26FN3O5/c1-13-7-8-21(34)19-12-32(11-18(13)19)26-23-24(30-28(31-26)36-3)14(2)25(37-27(23)35)17-10-16(33)9-15-5-4-6-20(29)22(15)17/h4-6,9-10,13,18-19,33H,7-8,11-12H2,1-3H3. The molecule has 1 aliphatic heterocycles. The summed E-state index contributed by atoms with van der Waals surface area (Å²) in [4.78, 5) is 37.1. The molecule has 0 spiro atoms. The number of fused-ring (bicyclic) bond motifs is 3. The Hall–Kier alpha value is -4.01. The molecule has 1 saturated heterocycles. The number of carbonyl (C=O) groups is 1.